The van der Waals surface area contributed by atoms with Crippen LogP contribution in [-0.4, -0.2) is 33.0 Å². The topological polar surface area (TPSA) is 27.3 Å². The van der Waals surface area contributed by atoms with Gasteiger partial charge in [-0.05, 0) is 24.3 Å². The molecule has 0 radical (unpaired) electrons. The van der Waals surface area contributed by atoms with E-state index in [1.165, 1.54) is 5.56 Å². The number of hydrogen-bond donors (Lipinski definition) is 2. The highest BCUT2D eigenvalue weighted by Gasteiger charge is 2.24. The zero-order valence-corrected chi connectivity index (χ0v) is 15.5. The van der Waals surface area contributed by atoms with Crippen LogP contribution in [0.5, 0.6) is 11.5 Å². The van der Waals surface area contributed by atoms with Gasteiger partial charge in [0.15, 0.2) is 11.5 Å². The number of hydrogen-bond acceptors (Lipinski definition) is 2. The first-order chi connectivity index (χ1) is 12.2. The van der Waals surface area contributed by atoms with Crippen LogP contribution in [0, 0.1) is 0 Å². The van der Waals surface area contributed by atoms with Crippen molar-refractivity contribution in [1.82, 2.24) is 0 Å². The van der Waals surface area contributed by atoms with E-state index in [1.54, 1.807) is 9.80 Å². The van der Waals surface area contributed by atoms with Crippen LogP contribution in [0.25, 0.3) is 0 Å². The molecule has 0 atom stereocenters. The summed E-state index contributed by atoms with van der Waals surface area (Å²) in [4.78, 5) is 3.18. The molecule has 25 heavy (non-hydrogen) atoms. The van der Waals surface area contributed by atoms with Gasteiger partial charge < -0.3 is 19.3 Å². The molecule has 0 bridgehead atoms. The second-order valence-corrected chi connectivity index (χ2v) is 7.54. The number of rotatable bonds is 4. The van der Waals surface area contributed by atoms with Crippen LogP contribution in [0.4, 0.5) is 0 Å². The van der Waals surface area contributed by atoms with E-state index in [2.05, 4.69) is 18.2 Å². The highest BCUT2D eigenvalue weighted by Crippen LogP contribution is 2.32. The van der Waals surface area contributed by atoms with Crippen molar-refractivity contribution in [3.05, 3.63) is 57.6 Å². The minimum atomic E-state index is 0.333. The molecule has 2 N–H and O–H groups in total. The summed E-state index contributed by atoms with van der Waals surface area (Å²) in [6, 6.07) is 12.2. The van der Waals surface area contributed by atoms with Crippen molar-refractivity contribution in [1.29, 1.82) is 0 Å². The van der Waals surface area contributed by atoms with Crippen LogP contribution in [0.2, 0.25) is 10.0 Å². The third-order valence-corrected chi connectivity index (χ3v) is 5.89. The van der Waals surface area contributed by atoms with E-state index in [0.717, 1.165) is 56.3 Å². The molecule has 0 spiro atoms. The fourth-order valence-corrected chi connectivity index (χ4v) is 3.99. The van der Waals surface area contributed by atoms with Gasteiger partial charge in [0, 0.05) is 11.1 Å². The molecular formula is C19H22Cl2N2O2+2. The van der Waals surface area contributed by atoms with Gasteiger partial charge in [-0.1, -0.05) is 35.3 Å². The van der Waals surface area contributed by atoms with Gasteiger partial charge in [0.05, 0.1) is 10.0 Å². The lowest BCUT2D eigenvalue weighted by Gasteiger charge is -2.30. The Kier molecular flexibility index (Phi) is 5.04. The van der Waals surface area contributed by atoms with Crippen molar-refractivity contribution in [3.63, 3.8) is 0 Å². The largest absolute Gasteiger partial charge is 0.454 e. The Morgan fingerprint density at radius 3 is 2.36 bits per heavy atom. The molecule has 6 heteroatoms. The van der Waals surface area contributed by atoms with Crippen LogP contribution >= 0.6 is 23.2 Å². The summed E-state index contributed by atoms with van der Waals surface area (Å²) in [5.41, 5.74) is 2.45. The van der Waals surface area contributed by atoms with Crippen LogP contribution in [0.1, 0.15) is 11.1 Å². The van der Waals surface area contributed by atoms with Gasteiger partial charge in [-0.3, -0.25) is 0 Å². The monoisotopic (exact) mass is 380 g/mol. The molecule has 4 nitrogen and oxygen atoms in total. The third kappa shape index (κ3) is 3.87. The van der Waals surface area contributed by atoms with E-state index >= 15 is 0 Å². The van der Waals surface area contributed by atoms with Gasteiger partial charge in [-0.15, -0.1) is 0 Å². The number of ether oxygens (including phenoxy) is 2. The molecular weight excluding hydrogens is 359 g/mol. The van der Waals surface area contributed by atoms with Gasteiger partial charge >= 0.3 is 0 Å². The van der Waals surface area contributed by atoms with Crippen molar-refractivity contribution < 1.29 is 19.3 Å². The number of piperazine rings is 1. The van der Waals surface area contributed by atoms with Gasteiger partial charge in [-0.25, -0.2) is 0 Å². The Hall–Kier alpha value is -1.46. The summed E-state index contributed by atoms with van der Waals surface area (Å²) in [5.74, 6) is 1.73. The predicted molar refractivity (Wildman–Crippen MR) is 97.8 cm³/mol. The molecule has 4 rings (SSSR count). The molecule has 2 aliphatic rings. The van der Waals surface area contributed by atoms with Crippen molar-refractivity contribution in [2.24, 2.45) is 0 Å². The van der Waals surface area contributed by atoms with E-state index in [4.69, 9.17) is 32.7 Å². The van der Waals surface area contributed by atoms with E-state index in [-0.39, 0.29) is 0 Å². The number of fused-ring (bicyclic) bond motifs is 1. The Morgan fingerprint density at radius 1 is 0.840 bits per heavy atom. The van der Waals surface area contributed by atoms with Crippen molar-refractivity contribution in [2.75, 3.05) is 33.0 Å². The summed E-state index contributed by atoms with van der Waals surface area (Å²) in [5, 5.41) is 1.34. The summed E-state index contributed by atoms with van der Waals surface area (Å²) < 4.78 is 10.9. The fraction of sp³-hybridized carbons (Fsp3) is 0.368. The van der Waals surface area contributed by atoms with Gasteiger partial charge in [0.25, 0.3) is 0 Å². The average Bonchev–Trinajstić information content (AvgIpc) is 3.08. The second kappa shape index (κ2) is 7.42. The molecule has 1 saturated heterocycles. The minimum Gasteiger partial charge on any atom is -0.454 e. The molecule has 0 saturated carbocycles. The van der Waals surface area contributed by atoms with E-state index in [1.807, 2.05) is 18.2 Å². The molecule has 0 aliphatic carbocycles. The van der Waals surface area contributed by atoms with Crippen molar-refractivity contribution in [3.8, 4) is 11.5 Å². The highest BCUT2D eigenvalue weighted by molar-refractivity contribution is 6.42. The fourth-order valence-electron chi connectivity index (χ4n) is 3.60. The normalized spacial score (nSPS) is 22.2. The van der Waals surface area contributed by atoms with Gasteiger partial charge in [-0.2, -0.15) is 0 Å². The SMILES string of the molecule is Clc1cccc(C[NH+]2CC[NH+](Cc3ccc4c(c3)OCO4)CC2)c1Cl. The first-order valence-electron chi connectivity index (χ1n) is 8.67. The Labute approximate surface area is 157 Å². The summed E-state index contributed by atoms with van der Waals surface area (Å²) >= 11 is 12.4. The number of halogens is 2. The first kappa shape index (κ1) is 17.0. The molecule has 0 unspecified atom stereocenters. The highest BCUT2D eigenvalue weighted by atomic mass is 35.5. The van der Waals surface area contributed by atoms with Crippen LogP contribution in [-0.2, 0) is 13.1 Å². The standard InChI is InChI=1S/C19H20Cl2N2O2/c20-16-3-1-2-15(19(16)21)12-23-8-6-22(7-9-23)11-14-4-5-17-18(10-14)25-13-24-17/h1-5,10H,6-9,11-13H2/p+2. The maximum absolute atomic E-state index is 6.32. The number of benzene rings is 2. The summed E-state index contributed by atoms with van der Waals surface area (Å²) in [7, 11) is 0. The lowest BCUT2D eigenvalue weighted by molar-refractivity contribution is -1.02. The van der Waals surface area contributed by atoms with E-state index in [0.29, 0.717) is 16.8 Å². The van der Waals surface area contributed by atoms with Crippen LogP contribution in [0.15, 0.2) is 36.4 Å². The summed E-state index contributed by atoms with van der Waals surface area (Å²) in [6.07, 6.45) is 0. The zero-order chi connectivity index (χ0) is 17.2. The van der Waals surface area contributed by atoms with E-state index < -0.39 is 0 Å². The maximum atomic E-state index is 6.32. The predicted octanol–water partition coefficient (Wildman–Crippen LogP) is 1.21. The first-order valence-corrected chi connectivity index (χ1v) is 9.43. The molecule has 2 aliphatic heterocycles. The molecule has 1 fully saturated rings. The number of nitrogens with one attached hydrogen (secondary N) is 2. The minimum absolute atomic E-state index is 0.333. The maximum Gasteiger partial charge on any atom is 0.231 e. The van der Waals surface area contributed by atoms with Crippen molar-refractivity contribution in [2.45, 2.75) is 13.1 Å². The molecule has 2 aromatic rings. The lowest BCUT2D eigenvalue weighted by atomic mass is 10.1. The van der Waals surface area contributed by atoms with Gasteiger partial charge in [0.1, 0.15) is 39.3 Å². The quantitative estimate of drug-likeness (QED) is 0.833. The summed E-state index contributed by atoms with van der Waals surface area (Å²) in [6.45, 7) is 6.90. The van der Waals surface area contributed by atoms with Crippen LogP contribution < -0.4 is 19.3 Å². The third-order valence-electron chi connectivity index (χ3n) is 5.03. The second-order valence-electron chi connectivity index (χ2n) is 6.75. The number of quaternary nitrogens is 2. The lowest BCUT2D eigenvalue weighted by Crippen LogP contribution is -3.27. The van der Waals surface area contributed by atoms with Gasteiger partial charge in [0.2, 0.25) is 6.79 Å². The van der Waals surface area contributed by atoms with Crippen molar-refractivity contribution >= 4 is 23.2 Å². The van der Waals surface area contributed by atoms with Crippen LogP contribution in [0.3, 0.4) is 0 Å². The Bertz CT molecular complexity index is 761. The molecule has 2 aromatic carbocycles. The smallest absolute Gasteiger partial charge is 0.231 e. The molecule has 2 heterocycles. The zero-order valence-electron chi connectivity index (χ0n) is 14.0. The van der Waals surface area contributed by atoms with E-state index in [9.17, 15) is 0 Å². The average molecular weight is 381 g/mol. The molecule has 0 amide bonds. The Balaban J connectivity index is 1.32. The Morgan fingerprint density at radius 2 is 1.56 bits per heavy atom. The molecule has 132 valence electrons. The molecule has 0 aromatic heterocycles.